The number of amides is 1. The fourth-order valence-corrected chi connectivity index (χ4v) is 3.99. The minimum Gasteiger partial charge on any atom is -0.480 e. The largest absolute Gasteiger partial charge is 0.480 e. The average Bonchev–Trinajstić information content (AvgIpc) is 3.48. The van der Waals surface area contributed by atoms with Gasteiger partial charge in [0, 0.05) is 24.2 Å². The third-order valence-electron chi connectivity index (χ3n) is 5.89. The molecule has 152 valence electrons. The molecule has 6 heteroatoms. The summed E-state index contributed by atoms with van der Waals surface area (Å²) in [6, 6.07) is 14.0. The number of carbonyl (C=O) groups excluding carboxylic acids is 1. The van der Waals surface area contributed by atoms with Crippen LogP contribution in [0.1, 0.15) is 41.7 Å². The lowest BCUT2D eigenvalue weighted by atomic mass is 9.85. The molecule has 4 rings (SSSR count). The van der Waals surface area contributed by atoms with Gasteiger partial charge in [0.2, 0.25) is 0 Å². The number of aliphatic carboxylic acids is 1. The first-order valence-corrected chi connectivity index (χ1v) is 10.3. The van der Waals surface area contributed by atoms with Crippen LogP contribution in [0.4, 0.5) is 0 Å². The highest BCUT2D eigenvalue weighted by molar-refractivity contribution is 5.95. The Bertz CT molecular complexity index is 889. The molecule has 1 aromatic carbocycles. The van der Waals surface area contributed by atoms with E-state index in [4.69, 9.17) is 5.11 Å². The molecule has 2 aromatic rings. The van der Waals surface area contributed by atoms with E-state index in [9.17, 15) is 9.59 Å². The molecule has 0 spiro atoms. The van der Waals surface area contributed by atoms with Gasteiger partial charge in [-0.1, -0.05) is 30.3 Å². The van der Waals surface area contributed by atoms with Crippen molar-refractivity contribution in [3.8, 4) is 11.3 Å². The molecule has 1 amide bonds. The maximum atomic E-state index is 12.7. The van der Waals surface area contributed by atoms with Crippen molar-refractivity contribution in [3.05, 3.63) is 53.7 Å². The highest BCUT2D eigenvalue weighted by atomic mass is 16.4. The number of aromatic nitrogens is 1. The Morgan fingerprint density at radius 2 is 1.86 bits per heavy atom. The number of rotatable bonds is 8. The Hall–Kier alpha value is -2.73. The molecule has 1 aromatic heterocycles. The van der Waals surface area contributed by atoms with Gasteiger partial charge < -0.3 is 10.4 Å². The molecule has 0 aliphatic heterocycles. The monoisotopic (exact) mass is 393 g/mol. The van der Waals surface area contributed by atoms with Crippen molar-refractivity contribution in [2.75, 3.05) is 13.1 Å². The van der Waals surface area contributed by atoms with Gasteiger partial charge in [-0.3, -0.25) is 19.5 Å². The lowest BCUT2D eigenvalue weighted by molar-refractivity contribution is -0.139. The molecule has 2 N–H and O–H groups in total. The highest BCUT2D eigenvalue weighted by Crippen LogP contribution is 2.34. The Kier molecular flexibility index (Phi) is 5.62. The van der Waals surface area contributed by atoms with Crippen LogP contribution in [0.25, 0.3) is 11.3 Å². The summed E-state index contributed by atoms with van der Waals surface area (Å²) in [6.07, 6.45) is 4.02. The van der Waals surface area contributed by atoms with Crippen LogP contribution in [0, 0.1) is 12.8 Å². The number of nitrogens with one attached hydrogen (secondary N) is 1. The number of hydrogen-bond acceptors (Lipinski definition) is 4. The van der Waals surface area contributed by atoms with Crippen LogP contribution >= 0.6 is 0 Å². The van der Waals surface area contributed by atoms with E-state index in [1.54, 1.807) is 0 Å². The number of pyridine rings is 1. The zero-order valence-electron chi connectivity index (χ0n) is 16.7. The Morgan fingerprint density at radius 1 is 1.14 bits per heavy atom. The number of aryl methyl sites for hydroxylation is 1. The van der Waals surface area contributed by atoms with Gasteiger partial charge in [-0.25, -0.2) is 0 Å². The first-order chi connectivity index (χ1) is 14.0. The zero-order valence-corrected chi connectivity index (χ0v) is 16.7. The molecule has 0 unspecified atom stereocenters. The number of nitrogens with zero attached hydrogens (tertiary/aromatic N) is 2. The summed E-state index contributed by atoms with van der Waals surface area (Å²) in [5, 5.41) is 12.2. The lowest BCUT2D eigenvalue weighted by Gasteiger charge is -2.42. The minimum atomic E-state index is -0.779. The number of benzene rings is 1. The predicted octanol–water partition coefficient (Wildman–Crippen LogP) is 3.11. The second-order valence-electron chi connectivity index (χ2n) is 8.26. The maximum absolute atomic E-state index is 12.7. The first kappa shape index (κ1) is 19.6. The third-order valence-corrected chi connectivity index (χ3v) is 5.89. The van der Waals surface area contributed by atoms with E-state index in [1.807, 2.05) is 49.4 Å². The quantitative estimate of drug-likeness (QED) is 0.720. The van der Waals surface area contributed by atoms with Crippen LogP contribution in [0.5, 0.6) is 0 Å². The molecule has 2 fully saturated rings. The summed E-state index contributed by atoms with van der Waals surface area (Å²) in [7, 11) is 0. The van der Waals surface area contributed by atoms with E-state index in [2.05, 4.69) is 15.2 Å². The Balaban J connectivity index is 1.33. The van der Waals surface area contributed by atoms with E-state index in [0.29, 0.717) is 17.2 Å². The van der Waals surface area contributed by atoms with Crippen molar-refractivity contribution in [1.29, 1.82) is 0 Å². The van der Waals surface area contributed by atoms with Crippen molar-refractivity contribution in [1.82, 2.24) is 15.2 Å². The van der Waals surface area contributed by atoms with Gasteiger partial charge in [-0.2, -0.15) is 0 Å². The molecule has 29 heavy (non-hydrogen) atoms. The van der Waals surface area contributed by atoms with Crippen LogP contribution < -0.4 is 5.32 Å². The van der Waals surface area contributed by atoms with Gasteiger partial charge >= 0.3 is 5.97 Å². The number of carboxylic acids is 1. The fraction of sp³-hybridized carbons (Fsp3) is 0.435. The number of hydrogen-bond donors (Lipinski definition) is 2. The van der Waals surface area contributed by atoms with Crippen LogP contribution in [-0.4, -0.2) is 52.0 Å². The van der Waals surface area contributed by atoms with Crippen LogP contribution in [0.3, 0.4) is 0 Å². The maximum Gasteiger partial charge on any atom is 0.317 e. The summed E-state index contributed by atoms with van der Waals surface area (Å²) in [6.45, 7) is 2.81. The number of carbonyl (C=O) groups is 2. The molecule has 2 saturated carbocycles. The Labute approximate surface area is 171 Å². The van der Waals surface area contributed by atoms with Gasteiger partial charge in [-0.15, -0.1) is 0 Å². The summed E-state index contributed by atoms with van der Waals surface area (Å²) < 4.78 is 0. The summed E-state index contributed by atoms with van der Waals surface area (Å²) >= 11 is 0. The van der Waals surface area contributed by atoms with Gasteiger partial charge in [0.05, 0.1) is 23.5 Å². The highest BCUT2D eigenvalue weighted by Gasteiger charge is 2.37. The zero-order chi connectivity index (χ0) is 20.4. The van der Waals surface area contributed by atoms with Crippen molar-refractivity contribution < 1.29 is 14.7 Å². The van der Waals surface area contributed by atoms with Gasteiger partial charge in [0.25, 0.3) is 5.91 Å². The van der Waals surface area contributed by atoms with Gasteiger partial charge in [-0.05, 0) is 50.7 Å². The minimum absolute atomic E-state index is 0.0891. The van der Waals surface area contributed by atoms with Gasteiger partial charge in [0.1, 0.15) is 0 Å². The van der Waals surface area contributed by atoms with Gasteiger partial charge in [0.15, 0.2) is 0 Å². The molecule has 0 bridgehead atoms. The van der Waals surface area contributed by atoms with Crippen molar-refractivity contribution >= 4 is 11.9 Å². The topological polar surface area (TPSA) is 82.5 Å². The second kappa shape index (κ2) is 8.33. The number of carboxylic acid groups (broad SMARTS) is 1. The Morgan fingerprint density at radius 3 is 2.48 bits per heavy atom. The summed E-state index contributed by atoms with van der Waals surface area (Å²) in [5.74, 6) is -0.233. The average molecular weight is 393 g/mol. The van der Waals surface area contributed by atoms with Crippen molar-refractivity contribution in [2.45, 2.75) is 44.7 Å². The van der Waals surface area contributed by atoms with E-state index in [1.165, 1.54) is 12.8 Å². The molecular formula is C23H27N3O3. The van der Waals surface area contributed by atoms with Crippen LogP contribution in [-0.2, 0) is 4.79 Å². The first-order valence-electron chi connectivity index (χ1n) is 10.3. The normalized spacial score (nSPS) is 20.9. The molecule has 6 nitrogen and oxygen atoms in total. The summed E-state index contributed by atoms with van der Waals surface area (Å²) in [4.78, 5) is 30.5. The van der Waals surface area contributed by atoms with Crippen molar-refractivity contribution in [2.24, 2.45) is 5.92 Å². The van der Waals surface area contributed by atoms with E-state index in [0.717, 1.165) is 30.6 Å². The lowest BCUT2D eigenvalue weighted by Crippen LogP contribution is -2.55. The molecule has 2 aliphatic rings. The molecule has 0 atom stereocenters. The molecule has 2 aliphatic carbocycles. The van der Waals surface area contributed by atoms with Crippen LogP contribution in [0.2, 0.25) is 0 Å². The summed E-state index contributed by atoms with van der Waals surface area (Å²) in [5.41, 5.74) is 3.18. The molecular weight excluding hydrogens is 366 g/mol. The van der Waals surface area contributed by atoms with E-state index in [-0.39, 0.29) is 24.5 Å². The molecule has 0 radical (unpaired) electrons. The third kappa shape index (κ3) is 4.82. The van der Waals surface area contributed by atoms with Crippen molar-refractivity contribution in [3.63, 3.8) is 0 Å². The van der Waals surface area contributed by atoms with E-state index >= 15 is 0 Å². The second-order valence-corrected chi connectivity index (χ2v) is 8.26. The fourth-order valence-electron chi connectivity index (χ4n) is 3.99. The standard InChI is InChI=1S/C23H27N3O3/c1-15-20(9-10-21(24-15)17-5-3-2-4-6-17)23(29)25-18-11-19(12-18)26(14-22(27)28)13-16-7-8-16/h2-6,9-10,16,18-19H,7-8,11-14H2,1H3,(H,25,29)(H,27,28). The van der Waals surface area contributed by atoms with E-state index < -0.39 is 5.97 Å². The molecule has 1 heterocycles. The molecule has 0 saturated heterocycles. The van der Waals surface area contributed by atoms with Crippen LogP contribution in [0.15, 0.2) is 42.5 Å². The predicted molar refractivity (Wildman–Crippen MR) is 111 cm³/mol. The SMILES string of the molecule is Cc1nc(-c2ccccc2)ccc1C(=O)NC1CC(N(CC(=O)O)CC2CC2)C1. The smallest absolute Gasteiger partial charge is 0.317 e.